The predicted octanol–water partition coefficient (Wildman–Crippen LogP) is 1.42. The van der Waals surface area contributed by atoms with Crippen molar-refractivity contribution >= 4 is 8.29 Å². The predicted molar refractivity (Wildman–Crippen MR) is 54.7 cm³/mol. The van der Waals surface area contributed by atoms with E-state index < -0.39 is 0 Å². The van der Waals surface area contributed by atoms with Crippen molar-refractivity contribution in [2.45, 2.75) is 6.92 Å². The van der Waals surface area contributed by atoms with Crippen LogP contribution in [0.4, 0.5) is 0 Å². The molecule has 2 rings (SSSR count). The van der Waals surface area contributed by atoms with E-state index in [0.29, 0.717) is 0 Å². The third-order valence-corrected chi connectivity index (χ3v) is 4.60. The average molecular weight is 361 g/mol. The zero-order valence-electron chi connectivity index (χ0n) is 7.90. The maximum absolute atomic E-state index is 4.35. The molecule has 1 aromatic carbocycles. The molecule has 0 aliphatic heterocycles. The van der Waals surface area contributed by atoms with E-state index in [9.17, 15) is 0 Å². The van der Waals surface area contributed by atoms with Crippen LogP contribution in [0.5, 0.6) is 0 Å². The van der Waals surface area contributed by atoms with Gasteiger partial charge in [0, 0.05) is 0 Å². The van der Waals surface area contributed by atoms with Gasteiger partial charge in [0.15, 0.2) is 0 Å². The van der Waals surface area contributed by atoms with Gasteiger partial charge in [-0.3, -0.25) is 0 Å². The Kier molecular flexibility index (Phi) is 3.07. The van der Waals surface area contributed by atoms with Crippen molar-refractivity contribution in [3.63, 3.8) is 0 Å². The van der Waals surface area contributed by atoms with Gasteiger partial charge in [-0.15, -0.1) is 0 Å². The van der Waals surface area contributed by atoms with Gasteiger partial charge in [0.25, 0.3) is 0 Å². The zero-order valence-corrected chi connectivity index (χ0v) is 10.3. The Morgan fingerprint density at radius 2 is 1.79 bits per heavy atom. The molecule has 14 heavy (non-hydrogen) atoms. The second kappa shape index (κ2) is 4.49. The molecule has 2 aromatic rings. The summed E-state index contributed by atoms with van der Waals surface area (Å²) in [6.07, 6.45) is 1.87. The number of rotatable bonds is 2. The monoisotopic (exact) mass is 362 g/mol. The number of aryl methyl sites for hydroxylation is 1. The van der Waals surface area contributed by atoms with Crippen molar-refractivity contribution in [2.75, 3.05) is 0 Å². The fourth-order valence-electron chi connectivity index (χ4n) is 1.06. The van der Waals surface area contributed by atoms with Gasteiger partial charge < -0.3 is 0 Å². The quantitative estimate of drug-likeness (QED) is 0.789. The first-order valence-electron chi connectivity index (χ1n) is 4.43. The summed E-state index contributed by atoms with van der Waals surface area (Å²) in [7, 11) is 0. The molecule has 1 aromatic heterocycles. The fourth-order valence-corrected chi connectivity index (χ4v) is 3.33. The Balaban J connectivity index is 2.16. The summed E-state index contributed by atoms with van der Waals surface area (Å²) < 4.78 is 2.69. The Hall–Kier alpha value is -0.981. The van der Waals surface area contributed by atoms with E-state index in [1.807, 2.05) is 12.3 Å². The van der Waals surface area contributed by atoms with E-state index >= 15 is 0 Å². The van der Waals surface area contributed by atoms with Crippen LogP contribution in [-0.2, 0) is 17.7 Å². The van der Waals surface area contributed by atoms with Crippen LogP contribution < -0.4 is 8.29 Å². The normalized spacial score (nSPS) is 10.4. The first-order chi connectivity index (χ1) is 6.84. The van der Waals surface area contributed by atoms with Crippen LogP contribution in [0.3, 0.4) is 0 Å². The Labute approximate surface area is 92.2 Å². The molecule has 1 heterocycles. The molecule has 0 fully saturated rings. The average Bonchev–Trinajstić information content (AvgIpc) is 2.23. The molecule has 0 spiro atoms. The SMILES string of the molecule is Cc1cc[c]([Ir][c]2ccccn2)cc1. The fraction of sp³-hybridized carbons (Fsp3) is 0.0833. The summed E-state index contributed by atoms with van der Waals surface area (Å²) in [6.45, 7) is 2.12. The molecule has 0 aliphatic rings. The summed E-state index contributed by atoms with van der Waals surface area (Å²) in [5, 5.41) is 0. The third-order valence-electron chi connectivity index (χ3n) is 1.79. The van der Waals surface area contributed by atoms with Crippen LogP contribution in [0.15, 0.2) is 48.7 Å². The summed E-state index contributed by atoms with van der Waals surface area (Å²) in [5.41, 5.74) is 1.32. The van der Waals surface area contributed by atoms with Crippen molar-refractivity contribution in [1.82, 2.24) is 4.98 Å². The van der Waals surface area contributed by atoms with Gasteiger partial charge in [0.1, 0.15) is 0 Å². The van der Waals surface area contributed by atoms with Crippen molar-refractivity contribution in [2.24, 2.45) is 0 Å². The molecule has 0 atom stereocenters. The van der Waals surface area contributed by atoms with Gasteiger partial charge >= 0.3 is 92.1 Å². The van der Waals surface area contributed by atoms with Gasteiger partial charge in [0.2, 0.25) is 0 Å². The molecule has 0 bridgehead atoms. The first-order valence-corrected chi connectivity index (χ1v) is 6.82. The number of pyridine rings is 1. The Morgan fingerprint density at radius 3 is 2.43 bits per heavy atom. The molecule has 73 valence electrons. The van der Waals surface area contributed by atoms with Crippen LogP contribution in [0.2, 0.25) is 0 Å². The van der Waals surface area contributed by atoms with E-state index in [1.165, 1.54) is 13.8 Å². The van der Waals surface area contributed by atoms with Crippen LogP contribution in [-0.4, -0.2) is 4.98 Å². The van der Waals surface area contributed by atoms with E-state index in [2.05, 4.69) is 48.3 Å². The molecule has 0 unspecified atom stereocenters. The minimum atomic E-state index is -0.233. The molecular weight excluding hydrogens is 350 g/mol. The van der Waals surface area contributed by atoms with Crippen LogP contribution in [0.1, 0.15) is 5.56 Å². The second-order valence-electron chi connectivity index (χ2n) is 2.98. The molecule has 0 saturated heterocycles. The maximum atomic E-state index is 4.35. The number of nitrogens with zero attached hydrogens (tertiary/aromatic N) is 1. The van der Waals surface area contributed by atoms with Crippen LogP contribution in [0, 0.1) is 6.92 Å². The van der Waals surface area contributed by atoms with Crippen LogP contribution in [0.25, 0.3) is 0 Å². The standard InChI is InChI=1S/C7H7.C5H4N.Ir/c1-7-5-3-2-4-6-7;1-2-4-6-5-3-1;/h3-6H,1H3;1-4H;. The third kappa shape index (κ3) is 2.50. The summed E-state index contributed by atoms with van der Waals surface area (Å²) in [4.78, 5) is 4.35. The number of hydrogen-bond donors (Lipinski definition) is 0. The zero-order chi connectivity index (χ0) is 9.80. The second-order valence-corrected chi connectivity index (χ2v) is 6.19. The summed E-state index contributed by atoms with van der Waals surface area (Å²) >= 11 is -0.233. The first kappa shape index (κ1) is 9.57. The Bertz CT molecular complexity index is 394. The molecule has 0 amide bonds. The number of aromatic nitrogens is 1. The van der Waals surface area contributed by atoms with Gasteiger partial charge in [-0.25, -0.2) is 0 Å². The molecule has 0 N–H and O–H groups in total. The minimum absolute atomic E-state index is 0.233. The van der Waals surface area contributed by atoms with Crippen molar-refractivity contribution in [3.8, 4) is 0 Å². The molecular formula is C12H11IrN. The van der Waals surface area contributed by atoms with Gasteiger partial charge in [-0.2, -0.15) is 0 Å². The van der Waals surface area contributed by atoms with E-state index in [-0.39, 0.29) is 17.7 Å². The topological polar surface area (TPSA) is 12.9 Å². The number of benzene rings is 1. The van der Waals surface area contributed by atoms with Gasteiger partial charge in [-0.1, -0.05) is 0 Å². The van der Waals surface area contributed by atoms with E-state index in [0.717, 1.165) is 0 Å². The Morgan fingerprint density at radius 1 is 1.00 bits per heavy atom. The summed E-state index contributed by atoms with van der Waals surface area (Å²) in [5.74, 6) is 0. The van der Waals surface area contributed by atoms with Crippen molar-refractivity contribution in [1.29, 1.82) is 0 Å². The van der Waals surface area contributed by atoms with Crippen molar-refractivity contribution < 1.29 is 17.7 Å². The van der Waals surface area contributed by atoms with Gasteiger partial charge in [0.05, 0.1) is 0 Å². The molecule has 0 aliphatic carbocycles. The molecule has 1 nitrogen and oxygen atoms in total. The number of hydrogen-bond acceptors (Lipinski definition) is 1. The van der Waals surface area contributed by atoms with E-state index in [1.54, 1.807) is 0 Å². The molecule has 2 heteroatoms. The molecule has 0 radical (unpaired) electrons. The van der Waals surface area contributed by atoms with Gasteiger partial charge in [-0.05, 0) is 0 Å². The summed E-state index contributed by atoms with van der Waals surface area (Å²) in [6, 6.07) is 14.9. The van der Waals surface area contributed by atoms with Crippen LogP contribution >= 0.6 is 0 Å². The van der Waals surface area contributed by atoms with E-state index in [4.69, 9.17) is 0 Å². The van der Waals surface area contributed by atoms with Crippen molar-refractivity contribution in [3.05, 3.63) is 54.2 Å². The molecule has 0 saturated carbocycles.